The monoisotopic (exact) mass is 349 g/mol. The number of benzene rings is 2. The topological polar surface area (TPSA) is 38.3 Å². The smallest absolute Gasteiger partial charge is 0.262 e. The molecule has 3 rings (SSSR count). The van der Waals surface area contributed by atoms with E-state index in [0.29, 0.717) is 15.7 Å². The molecule has 1 N–H and O–H groups in total. The summed E-state index contributed by atoms with van der Waals surface area (Å²) in [6.07, 6.45) is 4.68. The fraction of sp³-hybridized carbons (Fsp3) is 0.278. The van der Waals surface area contributed by atoms with E-state index in [4.69, 9.17) is 27.9 Å². The van der Waals surface area contributed by atoms with Crippen LogP contribution >= 0.6 is 23.2 Å². The lowest BCUT2D eigenvalue weighted by Gasteiger charge is -2.16. The minimum atomic E-state index is -0.249. The van der Waals surface area contributed by atoms with Crippen molar-refractivity contribution >= 4 is 34.8 Å². The molecule has 0 radical (unpaired) electrons. The van der Waals surface area contributed by atoms with Crippen LogP contribution in [-0.4, -0.2) is 12.5 Å². The Hall–Kier alpha value is -1.71. The van der Waals surface area contributed by atoms with Crippen molar-refractivity contribution in [3.05, 3.63) is 57.6 Å². The van der Waals surface area contributed by atoms with Gasteiger partial charge in [-0.1, -0.05) is 29.3 Å². The van der Waals surface area contributed by atoms with Crippen LogP contribution in [0.1, 0.15) is 24.0 Å². The molecule has 5 heteroatoms. The molecule has 1 aliphatic carbocycles. The summed E-state index contributed by atoms with van der Waals surface area (Å²) in [4.78, 5) is 12.0. The summed E-state index contributed by atoms with van der Waals surface area (Å²) in [6, 6.07) is 11.0. The largest absolute Gasteiger partial charge is 0.484 e. The molecule has 0 unspecified atom stereocenters. The summed E-state index contributed by atoms with van der Waals surface area (Å²) in [5.74, 6) is 0.478. The number of rotatable bonds is 4. The summed E-state index contributed by atoms with van der Waals surface area (Å²) in [5.41, 5.74) is 3.28. The second kappa shape index (κ2) is 7.24. The van der Waals surface area contributed by atoms with E-state index < -0.39 is 0 Å². The summed E-state index contributed by atoms with van der Waals surface area (Å²) in [7, 11) is 0. The number of aryl methyl sites for hydroxylation is 2. The number of ether oxygens (including phenoxy) is 1. The maximum absolute atomic E-state index is 12.0. The summed E-state index contributed by atoms with van der Waals surface area (Å²) in [6.45, 7) is -0.0527. The van der Waals surface area contributed by atoms with E-state index in [0.717, 1.165) is 18.6 Å². The standard InChI is InChI=1S/C18H17Cl2NO2/c19-14-8-15(20)10-16(9-14)21-18(22)11-23-17-6-5-12-3-1-2-4-13(12)7-17/h5-10H,1-4,11H2,(H,21,22). The van der Waals surface area contributed by atoms with Crippen molar-refractivity contribution in [2.45, 2.75) is 25.7 Å². The third-order valence-electron chi connectivity index (χ3n) is 3.84. The van der Waals surface area contributed by atoms with Gasteiger partial charge in [-0.3, -0.25) is 4.79 Å². The van der Waals surface area contributed by atoms with Gasteiger partial charge in [-0.25, -0.2) is 0 Å². The lowest BCUT2D eigenvalue weighted by atomic mass is 9.92. The highest BCUT2D eigenvalue weighted by Crippen LogP contribution is 2.25. The molecule has 0 heterocycles. The van der Waals surface area contributed by atoms with Crippen molar-refractivity contribution < 1.29 is 9.53 Å². The van der Waals surface area contributed by atoms with E-state index in [1.165, 1.54) is 24.0 Å². The third-order valence-corrected chi connectivity index (χ3v) is 4.27. The molecule has 1 aliphatic rings. The second-order valence-corrected chi connectivity index (χ2v) is 6.51. The number of amides is 1. The Morgan fingerprint density at radius 2 is 1.70 bits per heavy atom. The molecular formula is C18H17Cl2NO2. The Balaban J connectivity index is 1.58. The third kappa shape index (κ3) is 4.40. The van der Waals surface area contributed by atoms with E-state index in [1.54, 1.807) is 18.2 Å². The minimum Gasteiger partial charge on any atom is -0.484 e. The minimum absolute atomic E-state index is 0.0527. The molecule has 0 saturated heterocycles. The number of fused-ring (bicyclic) bond motifs is 1. The second-order valence-electron chi connectivity index (χ2n) is 5.63. The van der Waals surface area contributed by atoms with E-state index in [-0.39, 0.29) is 12.5 Å². The first-order valence-electron chi connectivity index (χ1n) is 7.61. The number of anilines is 1. The highest BCUT2D eigenvalue weighted by atomic mass is 35.5. The van der Waals surface area contributed by atoms with Gasteiger partial charge in [0.2, 0.25) is 0 Å². The van der Waals surface area contributed by atoms with E-state index >= 15 is 0 Å². The SMILES string of the molecule is O=C(COc1ccc2c(c1)CCCC2)Nc1cc(Cl)cc(Cl)c1. The summed E-state index contributed by atoms with van der Waals surface area (Å²) >= 11 is 11.8. The Bertz CT molecular complexity index is 711. The molecule has 0 fully saturated rings. The fourth-order valence-corrected chi connectivity index (χ4v) is 3.30. The lowest BCUT2D eigenvalue weighted by Crippen LogP contribution is -2.20. The Morgan fingerprint density at radius 1 is 1.00 bits per heavy atom. The zero-order chi connectivity index (χ0) is 16.2. The van der Waals surface area contributed by atoms with Gasteiger partial charge in [0.05, 0.1) is 0 Å². The van der Waals surface area contributed by atoms with Crippen LogP contribution < -0.4 is 10.1 Å². The van der Waals surface area contributed by atoms with Gasteiger partial charge in [0.15, 0.2) is 6.61 Å². The average Bonchev–Trinajstić information content (AvgIpc) is 2.52. The molecule has 2 aromatic rings. The lowest BCUT2D eigenvalue weighted by molar-refractivity contribution is -0.118. The first-order valence-corrected chi connectivity index (χ1v) is 8.36. The Labute approximate surface area is 145 Å². The zero-order valence-corrected chi connectivity index (χ0v) is 14.1. The highest BCUT2D eigenvalue weighted by Gasteiger charge is 2.11. The Morgan fingerprint density at radius 3 is 2.43 bits per heavy atom. The predicted octanol–water partition coefficient (Wildman–Crippen LogP) is 4.89. The maximum atomic E-state index is 12.0. The van der Waals surface area contributed by atoms with Crippen molar-refractivity contribution in [3.8, 4) is 5.75 Å². The van der Waals surface area contributed by atoms with Crippen LogP contribution in [0.4, 0.5) is 5.69 Å². The molecular weight excluding hydrogens is 333 g/mol. The molecule has 0 aliphatic heterocycles. The number of carbonyl (C=O) groups excluding carboxylic acids is 1. The predicted molar refractivity (Wildman–Crippen MR) is 93.7 cm³/mol. The van der Waals surface area contributed by atoms with Crippen LogP contribution in [0.25, 0.3) is 0 Å². The number of carbonyl (C=O) groups is 1. The summed E-state index contributed by atoms with van der Waals surface area (Å²) in [5, 5.41) is 3.67. The van der Waals surface area contributed by atoms with Crippen LogP contribution in [0.2, 0.25) is 10.0 Å². The number of hydrogen-bond acceptors (Lipinski definition) is 2. The van der Waals surface area contributed by atoms with Gasteiger partial charge >= 0.3 is 0 Å². The van der Waals surface area contributed by atoms with Crippen molar-refractivity contribution in [2.24, 2.45) is 0 Å². The van der Waals surface area contributed by atoms with Crippen LogP contribution in [0, 0.1) is 0 Å². The van der Waals surface area contributed by atoms with Crippen molar-refractivity contribution in [2.75, 3.05) is 11.9 Å². The highest BCUT2D eigenvalue weighted by molar-refractivity contribution is 6.35. The van der Waals surface area contributed by atoms with E-state index in [1.807, 2.05) is 12.1 Å². The van der Waals surface area contributed by atoms with Gasteiger partial charge in [0, 0.05) is 15.7 Å². The molecule has 23 heavy (non-hydrogen) atoms. The van der Waals surface area contributed by atoms with Crippen LogP contribution in [-0.2, 0) is 17.6 Å². The molecule has 0 bridgehead atoms. The molecule has 0 spiro atoms. The summed E-state index contributed by atoms with van der Waals surface area (Å²) < 4.78 is 5.59. The molecule has 0 saturated carbocycles. The van der Waals surface area contributed by atoms with E-state index in [9.17, 15) is 4.79 Å². The molecule has 3 nitrogen and oxygen atoms in total. The quantitative estimate of drug-likeness (QED) is 0.853. The van der Waals surface area contributed by atoms with Crippen molar-refractivity contribution in [1.82, 2.24) is 0 Å². The first kappa shape index (κ1) is 16.2. The average molecular weight is 350 g/mol. The number of hydrogen-bond donors (Lipinski definition) is 1. The number of nitrogens with one attached hydrogen (secondary N) is 1. The molecule has 0 atom stereocenters. The van der Waals surface area contributed by atoms with Gasteiger partial charge in [-0.2, -0.15) is 0 Å². The van der Waals surface area contributed by atoms with Crippen LogP contribution in [0.5, 0.6) is 5.75 Å². The van der Waals surface area contributed by atoms with Gasteiger partial charge in [-0.05, 0) is 67.1 Å². The van der Waals surface area contributed by atoms with Gasteiger partial charge in [0.25, 0.3) is 5.91 Å². The van der Waals surface area contributed by atoms with Gasteiger partial charge in [0.1, 0.15) is 5.75 Å². The van der Waals surface area contributed by atoms with Crippen molar-refractivity contribution in [1.29, 1.82) is 0 Å². The molecule has 0 aromatic heterocycles. The van der Waals surface area contributed by atoms with E-state index in [2.05, 4.69) is 11.4 Å². The fourth-order valence-electron chi connectivity index (χ4n) is 2.77. The van der Waals surface area contributed by atoms with Crippen molar-refractivity contribution in [3.63, 3.8) is 0 Å². The zero-order valence-electron chi connectivity index (χ0n) is 12.6. The normalized spacial score (nSPS) is 13.3. The van der Waals surface area contributed by atoms with Crippen LogP contribution in [0.3, 0.4) is 0 Å². The van der Waals surface area contributed by atoms with Gasteiger partial charge in [-0.15, -0.1) is 0 Å². The van der Waals surface area contributed by atoms with Gasteiger partial charge < -0.3 is 10.1 Å². The molecule has 120 valence electrons. The molecule has 1 amide bonds. The Kier molecular flexibility index (Phi) is 5.09. The molecule has 2 aromatic carbocycles. The van der Waals surface area contributed by atoms with Crippen LogP contribution in [0.15, 0.2) is 36.4 Å². The number of halogens is 2. The maximum Gasteiger partial charge on any atom is 0.262 e. The first-order chi connectivity index (χ1) is 11.1.